The Bertz CT molecular complexity index is 879. The summed E-state index contributed by atoms with van der Waals surface area (Å²) in [5.41, 5.74) is 1.99. The molecule has 3 aromatic rings. The van der Waals surface area contributed by atoms with Crippen molar-refractivity contribution in [2.45, 2.75) is 25.5 Å². The predicted molar refractivity (Wildman–Crippen MR) is 107 cm³/mol. The van der Waals surface area contributed by atoms with E-state index in [1.807, 2.05) is 48.1 Å². The molecular weight excluding hydrogens is 357 g/mol. The molecule has 5 nitrogen and oxygen atoms in total. The molecule has 3 rings (SSSR count). The number of nitrogens with zero attached hydrogens (tertiary/aromatic N) is 2. The highest BCUT2D eigenvalue weighted by Gasteiger charge is 2.20. The fraction of sp³-hybridized carbons (Fsp3) is 0.318. The van der Waals surface area contributed by atoms with Crippen LogP contribution in [0, 0.1) is 5.82 Å². The van der Waals surface area contributed by atoms with E-state index in [0.29, 0.717) is 0 Å². The van der Waals surface area contributed by atoms with E-state index in [4.69, 9.17) is 4.74 Å². The Kier molecular flexibility index (Phi) is 6.79. The third kappa shape index (κ3) is 5.18. The van der Waals surface area contributed by atoms with Crippen molar-refractivity contribution in [2.75, 3.05) is 13.2 Å². The number of aliphatic hydroxyl groups is 1. The summed E-state index contributed by atoms with van der Waals surface area (Å²) in [5.74, 6) is 1.16. The molecule has 6 heteroatoms. The van der Waals surface area contributed by atoms with Crippen molar-refractivity contribution in [2.24, 2.45) is 7.05 Å². The lowest BCUT2D eigenvalue weighted by Crippen LogP contribution is -2.35. The number of aromatic nitrogens is 2. The van der Waals surface area contributed by atoms with Crippen LogP contribution < -0.4 is 10.1 Å². The molecule has 1 heterocycles. The predicted octanol–water partition coefficient (Wildman–Crippen LogP) is 3.24. The average molecular weight is 383 g/mol. The van der Waals surface area contributed by atoms with Gasteiger partial charge in [-0.05, 0) is 41.8 Å². The monoisotopic (exact) mass is 383 g/mol. The highest BCUT2D eigenvalue weighted by molar-refractivity contribution is 5.27. The number of aryl methyl sites for hydroxylation is 2. The molecule has 2 aromatic carbocycles. The molecule has 0 saturated carbocycles. The van der Waals surface area contributed by atoms with Crippen LogP contribution in [0.1, 0.15) is 29.9 Å². The van der Waals surface area contributed by atoms with Crippen molar-refractivity contribution >= 4 is 0 Å². The first kappa shape index (κ1) is 20.0. The van der Waals surface area contributed by atoms with Crippen molar-refractivity contribution in [3.05, 3.63) is 83.7 Å². The number of hydrogen-bond acceptors (Lipinski definition) is 4. The Hall–Kier alpha value is -2.70. The Morgan fingerprint density at radius 1 is 1.21 bits per heavy atom. The molecule has 148 valence electrons. The summed E-state index contributed by atoms with van der Waals surface area (Å²) in [5, 5.41) is 13.6. The van der Waals surface area contributed by atoms with Crippen LogP contribution in [-0.2, 0) is 13.5 Å². The number of aliphatic hydroxyl groups excluding tert-OH is 1. The highest BCUT2D eigenvalue weighted by Crippen LogP contribution is 2.21. The molecule has 2 atom stereocenters. The number of hydrogen-bond donors (Lipinski definition) is 2. The molecule has 0 aliphatic rings. The third-order valence-electron chi connectivity index (χ3n) is 4.63. The Labute approximate surface area is 164 Å². The van der Waals surface area contributed by atoms with Crippen LogP contribution in [0.25, 0.3) is 0 Å². The lowest BCUT2D eigenvalue weighted by molar-refractivity contribution is 0.104. The van der Waals surface area contributed by atoms with Crippen LogP contribution in [0.5, 0.6) is 5.75 Å². The maximum atomic E-state index is 13.7. The van der Waals surface area contributed by atoms with Gasteiger partial charge in [-0.15, -0.1) is 0 Å². The minimum atomic E-state index is -0.720. The largest absolute Gasteiger partial charge is 0.491 e. The molecule has 0 amide bonds. The number of imidazole rings is 1. The second-order valence-corrected chi connectivity index (χ2v) is 6.75. The van der Waals surface area contributed by atoms with Crippen molar-refractivity contribution in [3.8, 4) is 5.75 Å². The van der Waals surface area contributed by atoms with Gasteiger partial charge in [0.1, 0.15) is 30.1 Å². The first-order chi connectivity index (χ1) is 13.6. The van der Waals surface area contributed by atoms with E-state index in [0.717, 1.165) is 23.6 Å². The number of nitrogens with one attached hydrogen (secondary N) is 1. The van der Waals surface area contributed by atoms with Gasteiger partial charge in [0, 0.05) is 26.0 Å². The lowest BCUT2D eigenvalue weighted by Gasteiger charge is -2.21. The topological polar surface area (TPSA) is 59.3 Å². The molecule has 28 heavy (non-hydrogen) atoms. The van der Waals surface area contributed by atoms with Gasteiger partial charge in [-0.25, -0.2) is 9.37 Å². The van der Waals surface area contributed by atoms with Crippen molar-refractivity contribution < 1.29 is 14.2 Å². The van der Waals surface area contributed by atoms with Gasteiger partial charge in [0.25, 0.3) is 0 Å². The molecule has 0 fully saturated rings. The first-order valence-corrected chi connectivity index (χ1v) is 9.42. The third-order valence-corrected chi connectivity index (χ3v) is 4.63. The number of benzene rings is 2. The lowest BCUT2D eigenvalue weighted by atomic mass is 10.1. The van der Waals surface area contributed by atoms with Gasteiger partial charge in [-0.3, -0.25) is 0 Å². The van der Waals surface area contributed by atoms with Gasteiger partial charge in [-0.1, -0.05) is 31.2 Å². The van der Waals surface area contributed by atoms with E-state index < -0.39 is 6.10 Å². The minimum Gasteiger partial charge on any atom is -0.491 e. The zero-order chi connectivity index (χ0) is 19.9. The molecule has 0 aliphatic heterocycles. The van der Waals surface area contributed by atoms with Crippen LogP contribution in [0.2, 0.25) is 0 Å². The second kappa shape index (κ2) is 9.48. The molecular formula is C22H26FN3O2. The fourth-order valence-electron chi connectivity index (χ4n) is 3.03. The summed E-state index contributed by atoms with van der Waals surface area (Å²) in [6, 6.07) is 13.9. The normalized spacial score (nSPS) is 13.3. The summed E-state index contributed by atoms with van der Waals surface area (Å²) in [6.45, 7) is 2.54. The van der Waals surface area contributed by atoms with E-state index in [2.05, 4.69) is 17.2 Å². The van der Waals surface area contributed by atoms with Gasteiger partial charge in [-0.2, -0.15) is 0 Å². The summed E-state index contributed by atoms with van der Waals surface area (Å²) in [4.78, 5) is 4.38. The number of rotatable bonds is 9. The smallest absolute Gasteiger partial charge is 0.130 e. The highest BCUT2D eigenvalue weighted by atomic mass is 19.1. The summed E-state index contributed by atoms with van der Waals surface area (Å²) in [7, 11) is 1.88. The molecule has 0 saturated heterocycles. The van der Waals surface area contributed by atoms with Crippen molar-refractivity contribution in [3.63, 3.8) is 0 Å². The summed E-state index contributed by atoms with van der Waals surface area (Å²) >= 11 is 0. The quantitative estimate of drug-likeness (QED) is 0.596. The minimum absolute atomic E-state index is 0.162. The standard InChI is InChI=1S/C22H26FN3O2/c1-3-16-7-9-20(10-8-16)28-15-19(27)14-25-21(22-24-11-12-26(22)2)17-5-4-6-18(23)13-17/h4-13,19,21,25,27H,3,14-15H2,1-2H3. The Morgan fingerprint density at radius 3 is 2.64 bits per heavy atom. The second-order valence-electron chi connectivity index (χ2n) is 6.75. The van der Waals surface area contributed by atoms with E-state index in [1.54, 1.807) is 12.3 Å². The van der Waals surface area contributed by atoms with E-state index >= 15 is 0 Å². The Morgan fingerprint density at radius 2 is 2.00 bits per heavy atom. The molecule has 1 aromatic heterocycles. The van der Waals surface area contributed by atoms with Crippen LogP contribution in [0.4, 0.5) is 4.39 Å². The zero-order valence-electron chi connectivity index (χ0n) is 16.2. The van der Waals surface area contributed by atoms with E-state index in [9.17, 15) is 9.50 Å². The fourth-order valence-corrected chi connectivity index (χ4v) is 3.03. The van der Waals surface area contributed by atoms with Crippen LogP contribution >= 0.6 is 0 Å². The van der Waals surface area contributed by atoms with Gasteiger partial charge in [0.05, 0.1) is 6.04 Å². The first-order valence-electron chi connectivity index (χ1n) is 9.42. The van der Waals surface area contributed by atoms with Gasteiger partial charge >= 0.3 is 0 Å². The van der Waals surface area contributed by atoms with E-state index in [-0.39, 0.29) is 25.0 Å². The van der Waals surface area contributed by atoms with Gasteiger partial charge in [0.15, 0.2) is 0 Å². The van der Waals surface area contributed by atoms with Crippen molar-refractivity contribution in [1.82, 2.24) is 14.9 Å². The summed E-state index contributed by atoms with van der Waals surface area (Å²) in [6.07, 6.45) is 3.79. The zero-order valence-corrected chi connectivity index (χ0v) is 16.2. The molecule has 0 spiro atoms. The molecule has 2 unspecified atom stereocenters. The maximum Gasteiger partial charge on any atom is 0.130 e. The molecule has 0 aliphatic carbocycles. The Balaban J connectivity index is 1.62. The molecule has 0 radical (unpaired) electrons. The SMILES string of the molecule is CCc1ccc(OCC(O)CNC(c2cccc(F)c2)c2nccn2C)cc1. The average Bonchev–Trinajstić information content (AvgIpc) is 3.13. The molecule has 2 N–H and O–H groups in total. The van der Waals surface area contributed by atoms with Crippen LogP contribution in [0.15, 0.2) is 60.9 Å². The number of halogens is 1. The van der Waals surface area contributed by atoms with Crippen LogP contribution in [0.3, 0.4) is 0 Å². The summed E-state index contributed by atoms with van der Waals surface area (Å²) < 4.78 is 21.3. The number of ether oxygens (including phenoxy) is 1. The van der Waals surface area contributed by atoms with Gasteiger partial charge < -0.3 is 19.7 Å². The molecule has 0 bridgehead atoms. The van der Waals surface area contributed by atoms with E-state index in [1.165, 1.54) is 17.7 Å². The van der Waals surface area contributed by atoms with Crippen LogP contribution in [-0.4, -0.2) is 33.9 Å². The van der Waals surface area contributed by atoms with Crippen molar-refractivity contribution in [1.29, 1.82) is 0 Å². The maximum absolute atomic E-state index is 13.7. The van der Waals surface area contributed by atoms with Gasteiger partial charge in [0.2, 0.25) is 0 Å².